The van der Waals surface area contributed by atoms with Gasteiger partial charge in [0.05, 0.1) is 12.8 Å². The van der Waals surface area contributed by atoms with E-state index in [0.717, 1.165) is 35.7 Å². The van der Waals surface area contributed by atoms with Crippen LogP contribution in [0.2, 0.25) is 0 Å². The molecule has 0 aliphatic rings. The Morgan fingerprint density at radius 3 is 2.84 bits per heavy atom. The largest absolute Gasteiger partial charge is 0.488 e. The number of nitrogens with one attached hydrogen (secondary N) is 1. The summed E-state index contributed by atoms with van der Waals surface area (Å²) >= 11 is 0. The van der Waals surface area contributed by atoms with Crippen LogP contribution >= 0.6 is 0 Å². The molecule has 19 heavy (non-hydrogen) atoms. The topological polar surface area (TPSA) is 34.4 Å². The molecule has 0 saturated heterocycles. The van der Waals surface area contributed by atoms with Crippen LogP contribution in [-0.2, 0) is 13.2 Å². The zero-order chi connectivity index (χ0) is 13.7. The van der Waals surface area contributed by atoms with E-state index in [9.17, 15) is 0 Å². The van der Waals surface area contributed by atoms with Gasteiger partial charge in [0.1, 0.15) is 18.1 Å². The fourth-order valence-electron chi connectivity index (χ4n) is 1.91. The molecule has 0 unspecified atom stereocenters. The van der Waals surface area contributed by atoms with E-state index in [2.05, 4.69) is 44.3 Å². The van der Waals surface area contributed by atoms with Crippen molar-refractivity contribution in [3.8, 4) is 5.75 Å². The maximum atomic E-state index is 5.89. The minimum atomic E-state index is 0.543. The average Bonchev–Trinajstić information content (AvgIpc) is 2.85. The Labute approximate surface area is 114 Å². The van der Waals surface area contributed by atoms with Gasteiger partial charge in [0.25, 0.3) is 0 Å². The van der Waals surface area contributed by atoms with Crippen molar-refractivity contribution in [3.63, 3.8) is 0 Å². The molecule has 0 radical (unpaired) electrons. The Balaban J connectivity index is 2.02. The van der Waals surface area contributed by atoms with Gasteiger partial charge in [-0.1, -0.05) is 19.1 Å². The summed E-state index contributed by atoms with van der Waals surface area (Å²) in [5.41, 5.74) is 3.46. The third-order valence-corrected chi connectivity index (χ3v) is 3.10. The lowest BCUT2D eigenvalue weighted by Gasteiger charge is -2.10. The molecule has 0 aliphatic carbocycles. The highest BCUT2D eigenvalue weighted by atomic mass is 16.5. The van der Waals surface area contributed by atoms with Crippen LogP contribution < -0.4 is 10.1 Å². The van der Waals surface area contributed by atoms with Crippen LogP contribution in [0.15, 0.2) is 34.9 Å². The Kier molecular flexibility index (Phi) is 4.63. The molecule has 0 bridgehead atoms. The molecule has 0 amide bonds. The number of hydrogen-bond acceptors (Lipinski definition) is 3. The molecule has 0 aliphatic heterocycles. The molecule has 1 aromatic carbocycles. The fourth-order valence-corrected chi connectivity index (χ4v) is 1.91. The van der Waals surface area contributed by atoms with Gasteiger partial charge in [-0.2, -0.15) is 0 Å². The number of rotatable bonds is 6. The van der Waals surface area contributed by atoms with Crippen molar-refractivity contribution in [1.29, 1.82) is 0 Å². The van der Waals surface area contributed by atoms with E-state index in [1.807, 2.05) is 6.07 Å². The Hall–Kier alpha value is -1.74. The SMILES string of the molecule is CCNCc1occc1COc1cc(C)ccc1C. The summed E-state index contributed by atoms with van der Waals surface area (Å²) in [6.07, 6.45) is 1.72. The molecule has 0 atom stereocenters. The Bertz CT molecular complexity index is 531. The van der Waals surface area contributed by atoms with Crippen molar-refractivity contribution in [2.75, 3.05) is 6.54 Å². The molecular weight excluding hydrogens is 238 g/mol. The van der Waals surface area contributed by atoms with Crippen LogP contribution in [0.5, 0.6) is 5.75 Å². The van der Waals surface area contributed by atoms with Crippen LogP contribution in [0.3, 0.4) is 0 Å². The minimum absolute atomic E-state index is 0.543. The summed E-state index contributed by atoms with van der Waals surface area (Å²) < 4.78 is 11.4. The van der Waals surface area contributed by atoms with Gasteiger partial charge in [0.2, 0.25) is 0 Å². The molecular formula is C16H21NO2. The Morgan fingerprint density at radius 2 is 2.05 bits per heavy atom. The van der Waals surface area contributed by atoms with E-state index in [0.29, 0.717) is 6.61 Å². The highest BCUT2D eigenvalue weighted by Gasteiger charge is 2.07. The van der Waals surface area contributed by atoms with Crippen molar-refractivity contribution in [2.24, 2.45) is 0 Å². The summed E-state index contributed by atoms with van der Waals surface area (Å²) in [6.45, 7) is 8.42. The van der Waals surface area contributed by atoms with Crippen LogP contribution in [0, 0.1) is 13.8 Å². The lowest BCUT2D eigenvalue weighted by Crippen LogP contribution is -2.12. The molecule has 1 N–H and O–H groups in total. The number of benzene rings is 1. The maximum absolute atomic E-state index is 5.89. The Morgan fingerprint density at radius 1 is 1.21 bits per heavy atom. The molecule has 2 aromatic rings. The van der Waals surface area contributed by atoms with Crippen molar-refractivity contribution in [2.45, 2.75) is 33.9 Å². The molecule has 3 nitrogen and oxygen atoms in total. The van der Waals surface area contributed by atoms with Crippen LogP contribution in [0.25, 0.3) is 0 Å². The van der Waals surface area contributed by atoms with Crippen LogP contribution in [-0.4, -0.2) is 6.54 Å². The second kappa shape index (κ2) is 6.43. The molecule has 0 saturated carbocycles. The van der Waals surface area contributed by atoms with E-state index in [1.165, 1.54) is 5.56 Å². The first-order valence-electron chi connectivity index (χ1n) is 6.66. The van der Waals surface area contributed by atoms with Crippen LogP contribution in [0.1, 0.15) is 29.4 Å². The number of hydrogen-bond donors (Lipinski definition) is 1. The predicted molar refractivity (Wildman–Crippen MR) is 76.3 cm³/mol. The van der Waals surface area contributed by atoms with Crippen molar-refractivity contribution >= 4 is 0 Å². The quantitative estimate of drug-likeness (QED) is 0.861. The summed E-state index contributed by atoms with van der Waals surface area (Å²) in [7, 11) is 0. The number of ether oxygens (including phenoxy) is 1. The summed E-state index contributed by atoms with van der Waals surface area (Å²) in [5, 5.41) is 3.26. The average molecular weight is 259 g/mol. The first-order valence-corrected chi connectivity index (χ1v) is 6.66. The summed E-state index contributed by atoms with van der Waals surface area (Å²) in [6, 6.07) is 8.22. The van der Waals surface area contributed by atoms with Gasteiger partial charge in [-0.15, -0.1) is 0 Å². The first-order chi connectivity index (χ1) is 9.20. The van der Waals surface area contributed by atoms with Gasteiger partial charge >= 0.3 is 0 Å². The monoisotopic (exact) mass is 259 g/mol. The fraction of sp³-hybridized carbons (Fsp3) is 0.375. The predicted octanol–water partition coefficient (Wildman–Crippen LogP) is 3.58. The molecule has 102 valence electrons. The van der Waals surface area contributed by atoms with Crippen molar-refractivity contribution in [1.82, 2.24) is 5.32 Å². The summed E-state index contributed by atoms with van der Waals surface area (Å²) in [5.74, 6) is 1.89. The van der Waals surface area contributed by atoms with Crippen LogP contribution in [0.4, 0.5) is 0 Å². The molecule has 1 heterocycles. The summed E-state index contributed by atoms with van der Waals surface area (Å²) in [4.78, 5) is 0. The zero-order valence-electron chi connectivity index (χ0n) is 11.8. The molecule has 0 spiro atoms. The highest BCUT2D eigenvalue weighted by Crippen LogP contribution is 2.21. The lowest BCUT2D eigenvalue weighted by atomic mass is 10.1. The third-order valence-electron chi connectivity index (χ3n) is 3.10. The third kappa shape index (κ3) is 3.61. The van der Waals surface area contributed by atoms with Crippen molar-refractivity contribution in [3.05, 3.63) is 53.0 Å². The van der Waals surface area contributed by atoms with E-state index >= 15 is 0 Å². The second-order valence-electron chi connectivity index (χ2n) is 4.71. The van der Waals surface area contributed by atoms with E-state index in [4.69, 9.17) is 9.15 Å². The van der Waals surface area contributed by atoms with E-state index < -0.39 is 0 Å². The van der Waals surface area contributed by atoms with E-state index in [1.54, 1.807) is 6.26 Å². The molecule has 2 rings (SSSR count). The van der Waals surface area contributed by atoms with Gasteiger partial charge in [0, 0.05) is 5.56 Å². The first kappa shape index (κ1) is 13.7. The lowest BCUT2D eigenvalue weighted by molar-refractivity contribution is 0.299. The molecule has 1 aromatic heterocycles. The number of furan rings is 1. The van der Waals surface area contributed by atoms with Gasteiger partial charge in [-0.3, -0.25) is 0 Å². The molecule has 0 fully saturated rings. The van der Waals surface area contributed by atoms with Gasteiger partial charge in [-0.05, 0) is 43.7 Å². The van der Waals surface area contributed by atoms with Crippen molar-refractivity contribution < 1.29 is 9.15 Å². The highest BCUT2D eigenvalue weighted by molar-refractivity contribution is 5.36. The minimum Gasteiger partial charge on any atom is -0.488 e. The van der Waals surface area contributed by atoms with Gasteiger partial charge in [0.15, 0.2) is 0 Å². The molecule has 3 heteroatoms. The van der Waals surface area contributed by atoms with Gasteiger partial charge < -0.3 is 14.5 Å². The standard InChI is InChI=1S/C16H21NO2/c1-4-17-10-16-14(7-8-18-16)11-19-15-9-12(2)5-6-13(15)3/h5-9,17H,4,10-11H2,1-3H3. The zero-order valence-corrected chi connectivity index (χ0v) is 11.8. The number of aryl methyl sites for hydroxylation is 2. The second-order valence-corrected chi connectivity index (χ2v) is 4.71. The van der Waals surface area contributed by atoms with E-state index in [-0.39, 0.29) is 0 Å². The normalized spacial score (nSPS) is 10.7. The smallest absolute Gasteiger partial charge is 0.124 e. The maximum Gasteiger partial charge on any atom is 0.124 e. The van der Waals surface area contributed by atoms with Gasteiger partial charge in [-0.25, -0.2) is 0 Å².